The maximum Gasteiger partial charge on any atom is 0.261 e. The van der Waals surface area contributed by atoms with E-state index in [1.807, 2.05) is 18.3 Å². The van der Waals surface area contributed by atoms with Gasteiger partial charge in [-0.2, -0.15) is 0 Å². The van der Waals surface area contributed by atoms with Gasteiger partial charge in [0.05, 0.1) is 0 Å². The minimum absolute atomic E-state index is 0.179. The van der Waals surface area contributed by atoms with Gasteiger partial charge in [0.1, 0.15) is 11.6 Å². The molecule has 4 rings (SSSR count). The summed E-state index contributed by atoms with van der Waals surface area (Å²) in [4.78, 5) is 19.2. The first kappa shape index (κ1) is 20.2. The first-order valence-electron chi connectivity index (χ1n) is 10.0. The molecule has 5 nitrogen and oxygen atoms in total. The summed E-state index contributed by atoms with van der Waals surface area (Å²) < 4.78 is 5.65. The standard InChI is InChI=1S/C24H24ClN3O2/c1-17(30-22-9-7-21(25)8-10-22)24(29)27-15-18-6-11-23(26-14-18)28-13-12-19-4-2-3-5-20(19)16-28/h2-11,14,17H,12-13,15-16H2,1H3,(H,27,29). The van der Waals surface area contributed by atoms with Crippen LogP contribution in [0.3, 0.4) is 0 Å². The lowest BCUT2D eigenvalue weighted by atomic mass is 10.00. The monoisotopic (exact) mass is 421 g/mol. The molecule has 0 bridgehead atoms. The van der Waals surface area contributed by atoms with Gasteiger partial charge < -0.3 is 15.0 Å². The normalized spacial score (nSPS) is 14.0. The molecule has 1 aromatic heterocycles. The summed E-state index contributed by atoms with van der Waals surface area (Å²) in [5, 5.41) is 3.53. The molecule has 6 heteroatoms. The van der Waals surface area contributed by atoms with Crippen LogP contribution in [0.2, 0.25) is 5.02 Å². The van der Waals surface area contributed by atoms with E-state index in [1.165, 1.54) is 11.1 Å². The number of benzene rings is 2. The number of anilines is 1. The maximum absolute atomic E-state index is 12.3. The van der Waals surface area contributed by atoms with Crippen molar-refractivity contribution in [3.63, 3.8) is 0 Å². The Labute approximate surface area is 181 Å². The minimum Gasteiger partial charge on any atom is -0.481 e. The van der Waals surface area contributed by atoms with Crippen molar-refractivity contribution in [1.82, 2.24) is 10.3 Å². The van der Waals surface area contributed by atoms with Gasteiger partial charge in [-0.25, -0.2) is 4.98 Å². The lowest BCUT2D eigenvalue weighted by molar-refractivity contribution is -0.127. The van der Waals surface area contributed by atoms with Crippen molar-refractivity contribution in [3.8, 4) is 5.75 Å². The molecule has 3 aromatic rings. The van der Waals surface area contributed by atoms with E-state index in [0.29, 0.717) is 17.3 Å². The number of aromatic nitrogens is 1. The molecule has 1 aliphatic heterocycles. The van der Waals surface area contributed by atoms with Crippen molar-refractivity contribution in [2.24, 2.45) is 0 Å². The second kappa shape index (κ2) is 9.18. The zero-order valence-electron chi connectivity index (χ0n) is 16.8. The fourth-order valence-corrected chi connectivity index (χ4v) is 3.63. The third kappa shape index (κ3) is 4.92. The highest BCUT2D eigenvalue weighted by atomic mass is 35.5. The average Bonchev–Trinajstić information content (AvgIpc) is 2.79. The molecule has 154 valence electrons. The van der Waals surface area contributed by atoms with Crippen molar-refractivity contribution < 1.29 is 9.53 Å². The van der Waals surface area contributed by atoms with Gasteiger partial charge in [0, 0.05) is 30.9 Å². The molecule has 1 unspecified atom stereocenters. The number of ether oxygens (including phenoxy) is 1. The zero-order valence-corrected chi connectivity index (χ0v) is 17.6. The molecule has 0 radical (unpaired) electrons. The second-order valence-corrected chi connectivity index (χ2v) is 7.83. The predicted molar refractivity (Wildman–Crippen MR) is 119 cm³/mol. The number of amides is 1. The van der Waals surface area contributed by atoms with Gasteiger partial charge in [0.2, 0.25) is 0 Å². The second-order valence-electron chi connectivity index (χ2n) is 7.40. The first-order valence-corrected chi connectivity index (χ1v) is 10.4. The SMILES string of the molecule is CC(Oc1ccc(Cl)cc1)C(=O)NCc1ccc(N2CCc3ccccc3C2)nc1. The molecule has 0 saturated heterocycles. The highest BCUT2D eigenvalue weighted by molar-refractivity contribution is 6.30. The number of carbonyl (C=O) groups is 1. The average molecular weight is 422 g/mol. The van der Waals surface area contributed by atoms with Crippen LogP contribution in [-0.4, -0.2) is 23.5 Å². The number of hydrogen-bond donors (Lipinski definition) is 1. The van der Waals surface area contributed by atoms with Crippen molar-refractivity contribution >= 4 is 23.3 Å². The van der Waals surface area contributed by atoms with Gasteiger partial charge in [0.15, 0.2) is 6.10 Å². The van der Waals surface area contributed by atoms with E-state index < -0.39 is 6.10 Å². The van der Waals surface area contributed by atoms with E-state index >= 15 is 0 Å². The number of pyridine rings is 1. The van der Waals surface area contributed by atoms with Crippen LogP contribution >= 0.6 is 11.6 Å². The number of nitrogens with one attached hydrogen (secondary N) is 1. The van der Waals surface area contributed by atoms with Gasteiger partial charge in [-0.05, 0) is 60.4 Å². The first-order chi connectivity index (χ1) is 14.6. The Balaban J connectivity index is 1.29. The fraction of sp³-hybridized carbons (Fsp3) is 0.250. The number of hydrogen-bond acceptors (Lipinski definition) is 4. The Kier molecular flexibility index (Phi) is 6.19. The van der Waals surface area contributed by atoms with Crippen LogP contribution in [0.15, 0.2) is 66.9 Å². The third-order valence-corrected chi connectivity index (χ3v) is 5.48. The van der Waals surface area contributed by atoms with E-state index in [9.17, 15) is 4.79 Å². The quantitative estimate of drug-likeness (QED) is 0.641. The molecule has 0 aliphatic carbocycles. The smallest absolute Gasteiger partial charge is 0.261 e. The Morgan fingerprint density at radius 1 is 1.13 bits per heavy atom. The number of carbonyl (C=O) groups excluding carboxylic acids is 1. The van der Waals surface area contributed by atoms with E-state index in [2.05, 4.69) is 39.5 Å². The van der Waals surface area contributed by atoms with E-state index in [-0.39, 0.29) is 5.91 Å². The van der Waals surface area contributed by atoms with E-state index in [0.717, 1.165) is 30.9 Å². The Hall–Kier alpha value is -3.05. The van der Waals surface area contributed by atoms with Gasteiger partial charge >= 0.3 is 0 Å². The van der Waals surface area contributed by atoms with Gasteiger partial charge in [-0.3, -0.25) is 4.79 Å². The van der Waals surface area contributed by atoms with E-state index in [4.69, 9.17) is 16.3 Å². The summed E-state index contributed by atoms with van der Waals surface area (Å²) in [6.07, 6.45) is 2.24. The molecule has 0 spiro atoms. The van der Waals surface area contributed by atoms with Crippen LogP contribution in [0, 0.1) is 0 Å². The molecular formula is C24H24ClN3O2. The minimum atomic E-state index is -0.605. The maximum atomic E-state index is 12.3. The lowest BCUT2D eigenvalue weighted by Crippen LogP contribution is -2.36. The largest absolute Gasteiger partial charge is 0.481 e. The van der Waals surface area contributed by atoms with Crippen molar-refractivity contribution in [2.45, 2.75) is 32.5 Å². The van der Waals surface area contributed by atoms with Gasteiger partial charge in [0.25, 0.3) is 5.91 Å². The fourth-order valence-electron chi connectivity index (χ4n) is 3.50. The van der Waals surface area contributed by atoms with Crippen LogP contribution < -0.4 is 15.0 Å². The molecular weight excluding hydrogens is 398 g/mol. The van der Waals surface area contributed by atoms with E-state index in [1.54, 1.807) is 31.2 Å². The van der Waals surface area contributed by atoms with Crippen molar-refractivity contribution in [1.29, 1.82) is 0 Å². The molecule has 1 N–H and O–H groups in total. The number of fused-ring (bicyclic) bond motifs is 1. The number of rotatable bonds is 6. The molecule has 2 heterocycles. The van der Waals surface area contributed by atoms with Crippen molar-refractivity contribution in [3.05, 3.63) is 88.6 Å². The molecule has 1 atom stereocenters. The molecule has 0 fully saturated rings. The summed E-state index contributed by atoms with van der Waals surface area (Å²) in [6.45, 7) is 3.96. The van der Waals surface area contributed by atoms with Crippen LogP contribution in [0.5, 0.6) is 5.75 Å². The molecule has 2 aromatic carbocycles. The highest BCUT2D eigenvalue weighted by Gasteiger charge is 2.17. The number of nitrogens with zero attached hydrogens (tertiary/aromatic N) is 2. The summed E-state index contributed by atoms with van der Waals surface area (Å²) >= 11 is 5.87. The molecule has 1 amide bonds. The molecule has 30 heavy (non-hydrogen) atoms. The Morgan fingerprint density at radius 2 is 1.90 bits per heavy atom. The highest BCUT2D eigenvalue weighted by Crippen LogP contribution is 2.23. The third-order valence-electron chi connectivity index (χ3n) is 5.23. The van der Waals surface area contributed by atoms with Gasteiger partial charge in [-0.15, -0.1) is 0 Å². The summed E-state index contributed by atoms with van der Waals surface area (Å²) in [5.74, 6) is 1.39. The van der Waals surface area contributed by atoms with Gasteiger partial charge in [-0.1, -0.05) is 41.9 Å². The summed E-state index contributed by atoms with van der Waals surface area (Å²) in [7, 11) is 0. The van der Waals surface area contributed by atoms with Crippen LogP contribution in [0.25, 0.3) is 0 Å². The Bertz CT molecular complexity index is 1010. The van der Waals surface area contributed by atoms with Crippen LogP contribution in [0.1, 0.15) is 23.6 Å². The topological polar surface area (TPSA) is 54.5 Å². The lowest BCUT2D eigenvalue weighted by Gasteiger charge is -2.29. The van der Waals surface area contributed by atoms with Crippen LogP contribution in [0.4, 0.5) is 5.82 Å². The summed E-state index contributed by atoms with van der Waals surface area (Å²) in [6, 6.07) is 19.5. The predicted octanol–water partition coefficient (Wildman–Crippen LogP) is 4.38. The van der Waals surface area contributed by atoms with Crippen LogP contribution in [-0.2, 0) is 24.3 Å². The summed E-state index contributed by atoms with van der Waals surface area (Å²) in [5.41, 5.74) is 3.72. The molecule has 1 aliphatic rings. The zero-order chi connectivity index (χ0) is 20.9. The number of halogens is 1. The van der Waals surface area contributed by atoms with Crippen molar-refractivity contribution in [2.75, 3.05) is 11.4 Å². The molecule has 0 saturated carbocycles. The Morgan fingerprint density at radius 3 is 2.63 bits per heavy atom.